The summed E-state index contributed by atoms with van der Waals surface area (Å²) in [6.45, 7) is 4.12. The van der Waals surface area contributed by atoms with Gasteiger partial charge in [0.25, 0.3) is 0 Å². The van der Waals surface area contributed by atoms with E-state index in [1.165, 1.54) is 11.1 Å². The van der Waals surface area contributed by atoms with Crippen molar-refractivity contribution in [2.75, 3.05) is 0 Å². The van der Waals surface area contributed by atoms with E-state index in [1.54, 1.807) is 6.20 Å². The van der Waals surface area contributed by atoms with Crippen molar-refractivity contribution in [2.24, 2.45) is 0 Å². The van der Waals surface area contributed by atoms with E-state index in [0.29, 0.717) is 0 Å². The highest BCUT2D eigenvalue weighted by Gasteiger charge is 2.03. The number of aliphatic hydroxyl groups excluding tert-OH is 1. The van der Waals surface area contributed by atoms with Gasteiger partial charge in [-0.25, -0.2) is 4.98 Å². The Balaban J connectivity index is 2.44. The Kier molecular flexibility index (Phi) is 2.56. The maximum Gasteiger partial charge on any atom is 0.137 e. The molecule has 1 aromatic carbocycles. The minimum atomic E-state index is -0.00218. The number of hydrogen-bond acceptors (Lipinski definition) is 2. The fourth-order valence-corrected chi connectivity index (χ4v) is 1.70. The predicted molar refractivity (Wildman–Crippen MR) is 59.4 cm³/mol. The molecule has 78 valence electrons. The largest absolute Gasteiger partial charge is 0.390 e. The third kappa shape index (κ3) is 2.07. The van der Waals surface area contributed by atoms with Gasteiger partial charge in [0.15, 0.2) is 0 Å². The number of aryl methyl sites for hydroxylation is 2. The van der Waals surface area contributed by atoms with E-state index in [4.69, 9.17) is 5.11 Å². The molecule has 0 aliphatic carbocycles. The molecular weight excluding hydrogens is 188 g/mol. The quantitative estimate of drug-likeness (QED) is 0.784. The highest BCUT2D eigenvalue weighted by molar-refractivity contribution is 5.57. The molecule has 2 aromatic rings. The summed E-state index contributed by atoms with van der Waals surface area (Å²) in [7, 11) is 0. The standard InChI is InChI=1S/C12H14N2O/c1-8-3-9(2)5-10(4-8)12-13-6-11(7-15)14-12/h3-6,15H,7H2,1-2H3,(H,13,14). The lowest BCUT2D eigenvalue weighted by Crippen LogP contribution is -1.86. The molecular formula is C12H14N2O. The topological polar surface area (TPSA) is 48.9 Å². The Labute approximate surface area is 88.8 Å². The smallest absolute Gasteiger partial charge is 0.137 e. The normalized spacial score (nSPS) is 10.6. The van der Waals surface area contributed by atoms with E-state index in [0.717, 1.165) is 17.1 Å². The third-order valence-corrected chi connectivity index (χ3v) is 2.29. The first-order chi connectivity index (χ1) is 7.19. The summed E-state index contributed by atoms with van der Waals surface area (Å²) >= 11 is 0. The van der Waals surface area contributed by atoms with Crippen molar-refractivity contribution in [1.82, 2.24) is 9.97 Å². The number of hydrogen-bond donors (Lipinski definition) is 2. The zero-order valence-electron chi connectivity index (χ0n) is 8.91. The summed E-state index contributed by atoms with van der Waals surface area (Å²) in [4.78, 5) is 7.30. The van der Waals surface area contributed by atoms with Gasteiger partial charge in [0.2, 0.25) is 0 Å². The first-order valence-corrected chi connectivity index (χ1v) is 4.92. The third-order valence-electron chi connectivity index (χ3n) is 2.29. The van der Waals surface area contributed by atoms with Crippen molar-refractivity contribution in [3.8, 4) is 11.4 Å². The molecule has 3 heteroatoms. The van der Waals surface area contributed by atoms with Crippen LogP contribution < -0.4 is 0 Å². The van der Waals surface area contributed by atoms with Crippen molar-refractivity contribution in [2.45, 2.75) is 20.5 Å². The van der Waals surface area contributed by atoms with E-state index in [-0.39, 0.29) is 6.61 Å². The number of aliphatic hydroxyl groups is 1. The van der Waals surface area contributed by atoms with Gasteiger partial charge >= 0.3 is 0 Å². The minimum Gasteiger partial charge on any atom is -0.390 e. The van der Waals surface area contributed by atoms with Gasteiger partial charge in [0.05, 0.1) is 18.5 Å². The van der Waals surface area contributed by atoms with Crippen LogP contribution in [-0.2, 0) is 6.61 Å². The minimum absolute atomic E-state index is 0.00218. The zero-order chi connectivity index (χ0) is 10.8. The van der Waals surface area contributed by atoms with Gasteiger partial charge in [0, 0.05) is 5.56 Å². The van der Waals surface area contributed by atoms with Gasteiger partial charge < -0.3 is 10.1 Å². The van der Waals surface area contributed by atoms with Crippen LogP contribution in [0.3, 0.4) is 0 Å². The van der Waals surface area contributed by atoms with Gasteiger partial charge in [0.1, 0.15) is 5.82 Å². The van der Waals surface area contributed by atoms with Crippen LogP contribution in [0.4, 0.5) is 0 Å². The second-order valence-corrected chi connectivity index (χ2v) is 3.79. The lowest BCUT2D eigenvalue weighted by Gasteiger charge is -2.01. The highest BCUT2D eigenvalue weighted by atomic mass is 16.3. The van der Waals surface area contributed by atoms with Gasteiger partial charge in [-0.15, -0.1) is 0 Å². The molecule has 0 saturated heterocycles. The Hall–Kier alpha value is -1.61. The van der Waals surface area contributed by atoms with E-state index < -0.39 is 0 Å². The molecule has 0 radical (unpaired) electrons. The molecule has 1 aromatic heterocycles. The van der Waals surface area contributed by atoms with E-state index in [9.17, 15) is 0 Å². The van der Waals surface area contributed by atoms with Crippen LogP contribution in [0.1, 0.15) is 16.8 Å². The molecule has 0 aliphatic rings. The first kappa shape index (κ1) is 9.93. The Morgan fingerprint density at radius 3 is 2.40 bits per heavy atom. The van der Waals surface area contributed by atoms with Crippen molar-refractivity contribution < 1.29 is 5.11 Å². The molecule has 2 N–H and O–H groups in total. The number of nitrogens with zero attached hydrogens (tertiary/aromatic N) is 1. The second-order valence-electron chi connectivity index (χ2n) is 3.79. The Morgan fingerprint density at radius 2 is 1.87 bits per heavy atom. The molecule has 3 nitrogen and oxygen atoms in total. The zero-order valence-corrected chi connectivity index (χ0v) is 8.91. The molecule has 0 atom stereocenters. The van der Waals surface area contributed by atoms with Crippen LogP contribution in [0.25, 0.3) is 11.4 Å². The molecule has 0 aliphatic heterocycles. The van der Waals surface area contributed by atoms with Crippen LogP contribution in [0.5, 0.6) is 0 Å². The number of benzene rings is 1. The molecule has 0 fully saturated rings. The molecule has 0 unspecified atom stereocenters. The number of aromatic nitrogens is 2. The summed E-state index contributed by atoms with van der Waals surface area (Å²) in [6.07, 6.45) is 1.66. The van der Waals surface area contributed by atoms with Crippen molar-refractivity contribution in [3.63, 3.8) is 0 Å². The SMILES string of the molecule is Cc1cc(C)cc(-c2ncc(CO)[nH]2)c1. The summed E-state index contributed by atoms with van der Waals surface area (Å²) in [5, 5.41) is 8.94. The number of rotatable bonds is 2. The van der Waals surface area contributed by atoms with Crippen LogP contribution in [0.2, 0.25) is 0 Å². The van der Waals surface area contributed by atoms with E-state index >= 15 is 0 Å². The fourth-order valence-electron chi connectivity index (χ4n) is 1.70. The summed E-state index contributed by atoms with van der Waals surface area (Å²) < 4.78 is 0. The fraction of sp³-hybridized carbons (Fsp3) is 0.250. The molecule has 0 amide bonds. The number of nitrogens with one attached hydrogen (secondary N) is 1. The number of imidazole rings is 1. The van der Waals surface area contributed by atoms with Crippen LogP contribution in [0.15, 0.2) is 24.4 Å². The summed E-state index contributed by atoms with van der Waals surface area (Å²) in [5.41, 5.74) is 4.23. The Bertz CT molecular complexity index is 454. The first-order valence-electron chi connectivity index (χ1n) is 4.92. The van der Waals surface area contributed by atoms with Crippen LogP contribution >= 0.6 is 0 Å². The molecule has 0 saturated carbocycles. The van der Waals surface area contributed by atoms with Crippen molar-refractivity contribution in [3.05, 3.63) is 41.2 Å². The second kappa shape index (κ2) is 3.87. The lowest BCUT2D eigenvalue weighted by molar-refractivity contribution is 0.277. The monoisotopic (exact) mass is 202 g/mol. The number of H-pyrrole nitrogens is 1. The van der Waals surface area contributed by atoms with E-state index in [2.05, 4.69) is 42.0 Å². The predicted octanol–water partition coefficient (Wildman–Crippen LogP) is 2.19. The maximum atomic E-state index is 8.94. The average Bonchev–Trinajstić information content (AvgIpc) is 2.64. The van der Waals surface area contributed by atoms with Crippen molar-refractivity contribution >= 4 is 0 Å². The van der Waals surface area contributed by atoms with Crippen LogP contribution in [0, 0.1) is 13.8 Å². The molecule has 0 spiro atoms. The number of aromatic amines is 1. The van der Waals surface area contributed by atoms with Gasteiger partial charge in [-0.1, -0.05) is 17.2 Å². The van der Waals surface area contributed by atoms with E-state index in [1.807, 2.05) is 0 Å². The van der Waals surface area contributed by atoms with Crippen molar-refractivity contribution in [1.29, 1.82) is 0 Å². The molecule has 15 heavy (non-hydrogen) atoms. The molecule has 2 rings (SSSR count). The molecule has 0 bridgehead atoms. The summed E-state index contributed by atoms with van der Waals surface area (Å²) in [6, 6.07) is 6.28. The van der Waals surface area contributed by atoms with Gasteiger partial charge in [-0.05, 0) is 26.0 Å². The lowest BCUT2D eigenvalue weighted by atomic mass is 10.1. The highest BCUT2D eigenvalue weighted by Crippen LogP contribution is 2.19. The summed E-state index contributed by atoms with van der Waals surface area (Å²) in [5.74, 6) is 0.811. The van der Waals surface area contributed by atoms with Gasteiger partial charge in [-0.3, -0.25) is 0 Å². The molecule has 1 heterocycles. The Morgan fingerprint density at radius 1 is 1.20 bits per heavy atom. The average molecular weight is 202 g/mol. The maximum absolute atomic E-state index is 8.94. The van der Waals surface area contributed by atoms with Crippen LogP contribution in [-0.4, -0.2) is 15.1 Å². The van der Waals surface area contributed by atoms with Gasteiger partial charge in [-0.2, -0.15) is 0 Å².